The van der Waals surface area contributed by atoms with E-state index < -0.39 is 0 Å². The minimum absolute atomic E-state index is 0.768. The van der Waals surface area contributed by atoms with Gasteiger partial charge in [-0.1, -0.05) is 0 Å². The van der Waals surface area contributed by atoms with E-state index in [1.54, 1.807) is 0 Å². The predicted octanol–water partition coefficient (Wildman–Crippen LogP) is 1.49. The number of hydrogen-bond acceptors (Lipinski definition) is 6. The van der Waals surface area contributed by atoms with Gasteiger partial charge in [0.2, 0.25) is 5.95 Å². The zero-order valence-corrected chi connectivity index (χ0v) is 15.2. The lowest BCUT2D eigenvalue weighted by molar-refractivity contribution is 0.0407. The Hall–Kier alpha value is -1.24. The average molecular weight is 345 g/mol. The first-order valence-corrected chi connectivity index (χ1v) is 9.94. The Kier molecular flexibility index (Phi) is 5.79. The van der Waals surface area contributed by atoms with Crippen molar-refractivity contribution in [2.75, 3.05) is 63.9 Å². The van der Waals surface area contributed by atoms with Gasteiger partial charge in [0, 0.05) is 64.4 Å². The molecule has 0 amide bonds. The smallest absolute Gasteiger partial charge is 0.225 e. The molecule has 1 aromatic rings. The molecule has 0 saturated carbocycles. The fourth-order valence-electron chi connectivity index (χ4n) is 4.50. The number of hydrogen-bond donors (Lipinski definition) is 0. The first-order valence-electron chi connectivity index (χ1n) is 9.94. The fraction of sp³-hybridized carbons (Fsp3) is 0.789. The number of piperazine rings is 1. The van der Waals surface area contributed by atoms with Crippen molar-refractivity contribution >= 4 is 5.95 Å². The highest BCUT2D eigenvalue weighted by molar-refractivity contribution is 5.29. The van der Waals surface area contributed by atoms with E-state index in [0.29, 0.717) is 0 Å². The molecule has 0 spiro atoms. The van der Waals surface area contributed by atoms with Crippen LogP contribution < -0.4 is 4.90 Å². The minimum Gasteiger partial charge on any atom is -0.381 e. The van der Waals surface area contributed by atoms with Gasteiger partial charge < -0.3 is 14.5 Å². The van der Waals surface area contributed by atoms with Crippen molar-refractivity contribution in [3.63, 3.8) is 0 Å². The van der Waals surface area contributed by atoms with E-state index >= 15 is 0 Å². The zero-order chi connectivity index (χ0) is 16.9. The lowest BCUT2D eigenvalue weighted by Crippen LogP contribution is -2.53. The Morgan fingerprint density at radius 2 is 1.56 bits per heavy atom. The minimum atomic E-state index is 0.768. The zero-order valence-electron chi connectivity index (χ0n) is 15.2. The highest BCUT2D eigenvalue weighted by atomic mass is 16.5. The van der Waals surface area contributed by atoms with Crippen LogP contribution in [0.15, 0.2) is 18.5 Å². The largest absolute Gasteiger partial charge is 0.381 e. The van der Waals surface area contributed by atoms with Gasteiger partial charge in [0.1, 0.15) is 0 Å². The van der Waals surface area contributed by atoms with Crippen LogP contribution in [0.3, 0.4) is 0 Å². The Labute approximate surface area is 151 Å². The second-order valence-corrected chi connectivity index (χ2v) is 7.66. The van der Waals surface area contributed by atoms with Crippen LogP contribution >= 0.6 is 0 Å². The monoisotopic (exact) mass is 345 g/mol. The van der Waals surface area contributed by atoms with Gasteiger partial charge in [0.05, 0.1) is 0 Å². The molecule has 0 aromatic carbocycles. The average Bonchev–Trinajstić information content (AvgIpc) is 2.70. The van der Waals surface area contributed by atoms with Crippen LogP contribution in [0.5, 0.6) is 0 Å². The summed E-state index contributed by atoms with van der Waals surface area (Å²) in [6, 6.07) is 2.65. The van der Waals surface area contributed by atoms with E-state index in [2.05, 4.69) is 24.7 Å². The lowest BCUT2D eigenvalue weighted by atomic mass is 9.96. The summed E-state index contributed by atoms with van der Waals surface area (Å²) in [7, 11) is 0. The van der Waals surface area contributed by atoms with E-state index in [1.165, 1.54) is 45.3 Å². The summed E-state index contributed by atoms with van der Waals surface area (Å²) >= 11 is 0. The van der Waals surface area contributed by atoms with Crippen LogP contribution in [0.1, 0.15) is 25.7 Å². The number of nitrogens with zero attached hydrogens (tertiary/aromatic N) is 5. The predicted molar refractivity (Wildman–Crippen MR) is 98.8 cm³/mol. The Morgan fingerprint density at radius 1 is 0.880 bits per heavy atom. The molecular weight excluding hydrogens is 314 g/mol. The van der Waals surface area contributed by atoms with Crippen molar-refractivity contribution in [3.8, 4) is 0 Å². The molecule has 0 radical (unpaired) electrons. The number of ether oxygens (including phenoxy) is 1. The van der Waals surface area contributed by atoms with Gasteiger partial charge in [-0.2, -0.15) is 0 Å². The molecule has 0 aliphatic carbocycles. The Bertz CT molecular complexity index is 506. The summed E-state index contributed by atoms with van der Waals surface area (Å²) in [5.74, 6) is 1.74. The Balaban J connectivity index is 1.20. The maximum absolute atomic E-state index is 5.49. The van der Waals surface area contributed by atoms with Crippen molar-refractivity contribution in [3.05, 3.63) is 18.5 Å². The molecule has 138 valence electrons. The van der Waals surface area contributed by atoms with Crippen molar-refractivity contribution in [2.24, 2.45) is 5.92 Å². The second kappa shape index (κ2) is 8.43. The summed E-state index contributed by atoms with van der Waals surface area (Å²) in [6.07, 6.45) is 8.83. The first kappa shape index (κ1) is 17.2. The first-order chi connectivity index (χ1) is 12.4. The molecule has 3 saturated heterocycles. The molecule has 6 nitrogen and oxygen atoms in total. The Morgan fingerprint density at radius 3 is 2.24 bits per heavy atom. The molecular formula is C19H31N5O. The summed E-state index contributed by atoms with van der Waals surface area (Å²) in [5.41, 5.74) is 0. The number of piperidine rings is 1. The van der Waals surface area contributed by atoms with Gasteiger partial charge in [0.15, 0.2) is 0 Å². The van der Waals surface area contributed by atoms with Gasteiger partial charge >= 0.3 is 0 Å². The van der Waals surface area contributed by atoms with E-state index in [4.69, 9.17) is 4.74 Å². The van der Waals surface area contributed by atoms with Crippen molar-refractivity contribution in [1.29, 1.82) is 0 Å². The third kappa shape index (κ3) is 4.49. The van der Waals surface area contributed by atoms with Crippen molar-refractivity contribution in [1.82, 2.24) is 19.8 Å². The molecule has 3 fully saturated rings. The van der Waals surface area contributed by atoms with Crippen LogP contribution in [0.4, 0.5) is 5.95 Å². The van der Waals surface area contributed by atoms with Crippen LogP contribution in [0.25, 0.3) is 0 Å². The molecule has 0 unspecified atom stereocenters. The maximum atomic E-state index is 5.49. The topological polar surface area (TPSA) is 44.7 Å². The molecule has 1 aromatic heterocycles. The van der Waals surface area contributed by atoms with Gasteiger partial charge in [-0.15, -0.1) is 0 Å². The van der Waals surface area contributed by atoms with Crippen molar-refractivity contribution in [2.45, 2.75) is 31.7 Å². The van der Waals surface area contributed by atoms with Gasteiger partial charge in [-0.3, -0.25) is 4.90 Å². The van der Waals surface area contributed by atoms with Gasteiger partial charge in [0.25, 0.3) is 0 Å². The summed E-state index contributed by atoms with van der Waals surface area (Å²) in [6.45, 7) is 10.1. The van der Waals surface area contributed by atoms with Crippen molar-refractivity contribution < 1.29 is 4.74 Å². The third-order valence-electron chi connectivity index (χ3n) is 6.08. The van der Waals surface area contributed by atoms with Crippen LogP contribution in [0, 0.1) is 5.92 Å². The van der Waals surface area contributed by atoms with E-state index in [-0.39, 0.29) is 0 Å². The molecule has 0 N–H and O–H groups in total. The second-order valence-electron chi connectivity index (χ2n) is 7.66. The standard InChI is InChI=1S/C19H31N5O/c1-6-20-19(21-7-1)24-12-10-23(11-13-24)18-2-8-22(9-3-18)16-17-4-14-25-15-5-17/h1,6-7,17-18H,2-5,8-16H2. The number of rotatable bonds is 4. The van der Waals surface area contributed by atoms with Crippen LogP contribution in [0.2, 0.25) is 0 Å². The summed E-state index contributed by atoms with van der Waals surface area (Å²) < 4.78 is 5.49. The number of likely N-dealkylation sites (tertiary alicyclic amines) is 1. The van der Waals surface area contributed by atoms with E-state index in [9.17, 15) is 0 Å². The molecule has 4 rings (SSSR count). The normalized spacial score (nSPS) is 25.4. The molecule has 3 aliphatic heterocycles. The molecule has 25 heavy (non-hydrogen) atoms. The highest BCUT2D eigenvalue weighted by Crippen LogP contribution is 2.22. The van der Waals surface area contributed by atoms with Gasteiger partial charge in [-0.05, 0) is 50.8 Å². The molecule has 6 heteroatoms. The summed E-state index contributed by atoms with van der Waals surface area (Å²) in [5, 5.41) is 0. The van der Waals surface area contributed by atoms with Crippen LogP contribution in [-0.2, 0) is 4.74 Å². The summed E-state index contributed by atoms with van der Waals surface area (Å²) in [4.78, 5) is 16.5. The number of anilines is 1. The van der Waals surface area contributed by atoms with E-state index in [1.807, 2.05) is 18.5 Å². The SMILES string of the molecule is c1cnc(N2CCN(C3CCN(CC4CCOCC4)CC3)CC2)nc1. The molecule has 0 bridgehead atoms. The van der Waals surface area contributed by atoms with Crippen LogP contribution in [-0.4, -0.2) is 84.8 Å². The third-order valence-corrected chi connectivity index (χ3v) is 6.08. The fourth-order valence-corrected chi connectivity index (χ4v) is 4.50. The highest BCUT2D eigenvalue weighted by Gasteiger charge is 2.29. The lowest BCUT2D eigenvalue weighted by Gasteiger charge is -2.43. The molecule has 0 atom stereocenters. The maximum Gasteiger partial charge on any atom is 0.225 e. The van der Waals surface area contributed by atoms with E-state index in [0.717, 1.165) is 57.3 Å². The number of aromatic nitrogens is 2. The molecule has 3 aliphatic rings. The quantitative estimate of drug-likeness (QED) is 0.824. The van der Waals surface area contributed by atoms with Gasteiger partial charge in [-0.25, -0.2) is 9.97 Å². The molecule has 4 heterocycles.